The molecule has 116 valence electrons. The standard InChI is InChI=1S/C16H24N2O3/c1-9(2)14(11(5)19)15(17)12-7-13(16(20)21-6)18(8-12)10(3)4/h7-10H,17H2,1-6H3/b15-14-. The van der Waals surface area contributed by atoms with Crippen LogP contribution in [0.3, 0.4) is 0 Å². The van der Waals surface area contributed by atoms with E-state index in [9.17, 15) is 9.59 Å². The van der Waals surface area contributed by atoms with E-state index in [2.05, 4.69) is 0 Å². The zero-order valence-corrected chi connectivity index (χ0v) is 13.6. The van der Waals surface area contributed by atoms with Crippen molar-refractivity contribution in [2.24, 2.45) is 11.7 Å². The summed E-state index contributed by atoms with van der Waals surface area (Å²) in [5, 5.41) is 0. The lowest BCUT2D eigenvalue weighted by Crippen LogP contribution is -2.12. The van der Waals surface area contributed by atoms with Crippen LogP contribution >= 0.6 is 0 Å². The largest absolute Gasteiger partial charge is 0.464 e. The molecule has 1 rings (SSSR count). The van der Waals surface area contributed by atoms with Gasteiger partial charge in [0.1, 0.15) is 5.69 Å². The third kappa shape index (κ3) is 3.54. The van der Waals surface area contributed by atoms with Crippen LogP contribution < -0.4 is 5.73 Å². The zero-order chi connectivity index (χ0) is 16.3. The minimum absolute atomic E-state index is 0.0199. The molecule has 0 saturated carbocycles. The van der Waals surface area contributed by atoms with E-state index in [0.717, 1.165) is 0 Å². The van der Waals surface area contributed by atoms with E-state index in [1.165, 1.54) is 14.0 Å². The van der Waals surface area contributed by atoms with Gasteiger partial charge in [-0.05, 0) is 32.8 Å². The molecule has 1 aromatic rings. The number of hydrogen-bond acceptors (Lipinski definition) is 4. The number of nitrogens with zero attached hydrogens (tertiary/aromatic N) is 1. The molecular formula is C16H24N2O3. The van der Waals surface area contributed by atoms with Crippen LogP contribution in [-0.4, -0.2) is 23.4 Å². The Labute approximate surface area is 125 Å². The molecule has 0 bridgehead atoms. The van der Waals surface area contributed by atoms with Crippen molar-refractivity contribution in [3.8, 4) is 0 Å². The number of carbonyl (C=O) groups excluding carboxylic acids is 2. The maximum atomic E-state index is 11.8. The highest BCUT2D eigenvalue weighted by Gasteiger charge is 2.20. The molecule has 5 nitrogen and oxygen atoms in total. The molecule has 0 radical (unpaired) electrons. The second kappa shape index (κ2) is 6.61. The predicted molar refractivity (Wildman–Crippen MR) is 82.8 cm³/mol. The highest BCUT2D eigenvalue weighted by Crippen LogP contribution is 2.25. The number of ketones is 1. The van der Waals surface area contributed by atoms with Gasteiger partial charge in [-0.25, -0.2) is 4.79 Å². The molecule has 0 aromatic carbocycles. The Balaban J connectivity index is 3.48. The first kappa shape index (κ1) is 17.0. The average Bonchev–Trinajstić information content (AvgIpc) is 2.81. The molecule has 1 aromatic heterocycles. The van der Waals surface area contributed by atoms with Crippen molar-refractivity contribution < 1.29 is 14.3 Å². The van der Waals surface area contributed by atoms with E-state index in [-0.39, 0.29) is 17.7 Å². The number of carbonyl (C=O) groups is 2. The molecule has 2 N–H and O–H groups in total. The van der Waals surface area contributed by atoms with Crippen LogP contribution in [0.5, 0.6) is 0 Å². The van der Waals surface area contributed by atoms with Crippen molar-refractivity contribution in [1.29, 1.82) is 0 Å². The number of ether oxygens (including phenoxy) is 1. The summed E-state index contributed by atoms with van der Waals surface area (Å²) in [5.74, 6) is -0.456. The Hall–Kier alpha value is -2.04. The maximum Gasteiger partial charge on any atom is 0.354 e. The molecular weight excluding hydrogens is 268 g/mol. The number of nitrogens with two attached hydrogens (primary N) is 1. The van der Waals surface area contributed by atoms with Gasteiger partial charge in [0.2, 0.25) is 0 Å². The molecule has 0 unspecified atom stereocenters. The van der Waals surface area contributed by atoms with Crippen LogP contribution in [-0.2, 0) is 9.53 Å². The van der Waals surface area contributed by atoms with Crippen molar-refractivity contribution in [2.75, 3.05) is 7.11 Å². The third-order valence-electron chi connectivity index (χ3n) is 3.36. The minimum Gasteiger partial charge on any atom is -0.464 e. The number of rotatable bonds is 5. The van der Waals surface area contributed by atoms with Gasteiger partial charge in [-0.3, -0.25) is 4.79 Å². The highest BCUT2D eigenvalue weighted by atomic mass is 16.5. The van der Waals surface area contributed by atoms with E-state index in [4.69, 9.17) is 10.5 Å². The lowest BCUT2D eigenvalue weighted by Gasteiger charge is -2.12. The zero-order valence-electron chi connectivity index (χ0n) is 13.6. The summed E-state index contributed by atoms with van der Waals surface area (Å²) in [4.78, 5) is 23.6. The predicted octanol–water partition coefficient (Wildman–Crippen LogP) is 2.77. The number of hydrogen-bond donors (Lipinski definition) is 1. The summed E-state index contributed by atoms with van der Waals surface area (Å²) in [6.07, 6.45) is 1.79. The Morgan fingerprint density at radius 1 is 1.24 bits per heavy atom. The van der Waals surface area contributed by atoms with E-state index >= 15 is 0 Å². The molecule has 0 fully saturated rings. The van der Waals surface area contributed by atoms with Crippen LogP contribution in [0.2, 0.25) is 0 Å². The lowest BCUT2D eigenvalue weighted by atomic mass is 9.95. The Morgan fingerprint density at radius 2 is 1.81 bits per heavy atom. The van der Waals surface area contributed by atoms with Crippen LogP contribution in [0.1, 0.15) is 56.7 Å². The number of aromatic nitrogens is 1. The fourth-order valence-corrected chi connectivity index (χ4v) is 2.38. The summed E-state index contributed by atoms with van der Waals surface area (Å²) >= 11 is 0. The first-order valence-corrected chi connectivity index (χ1v) is 7.01. The third-order valence-corrected chi connectivity index (χ3v) is 3.36. The average molecular weight is 292 g/mol. The van der Waals surface area contributed by atoms with E-state index in [0.29, 0.717) is 22.5 Å². The number of Topliss-reactive ketones (excluding diaryl/α,β-unsaturated/α-hetero) is 1. The first-order valence-electron chi connectivity index (χ1n) is 7.01. The molecule has 0 aliphatic rings. The Bertz CT molecular complexity index is 580. The van der Waals surface area contributed by atoms with Crippen molar-refractivity contribution in [1.82, 2.24) is 4.57 Å². The summed E-state index contributed by atoms with van der Waals surface area (Å²) in [6, 6.07) is 1.76. The monoisotopic (exact) mass is 292 g/mol. The first-order chi connectivity index (χ1) is 9.70. The van der Waals surface area contributed by atoms with Gasteiger partial charge in [0, 0.05) is 29.1 Å². The van der Waals surface area contributed by atoms with Crippen molar-refractivity contribution in [3.63, 3.8) is 0 Å². The normalized spacial score (nSPS) is 12.6. The SMILES string of the molecule is COC(=O)c1cc(/C(N)=C(/C(C)=O)C(C)C)cn1C(C)C. The number of methoxy groups -OCH3 is 1. The molecule has 0 spiro atoms. The summed E-state index contributed by atoms with van der Waals surface area (Å²) < 4.78 is 6.59. The summed E-state index contributed by atoms with van der Waals surface area (Å²) in [7, 11) is 1.34. The van der Waals surface area contributed by atoms with E-state index in [1.54, 1.807) is 16.8 Å². The van der Waals surface area contributed by atoms with Gasteiger partial charge in [0.05, 0.1) is 7.11 Å². The van der Waals surface area contributed by atoms with Crippen LogP contribution in [0, 0.1) is 5.92 Å². The van der Waals surface area contributed by atoms with Gasteiger partial charge in [0.15, 0.2) is 5.78 Å². The van der Waals surface area contributed by atoms with Crippen molar-refractivity contribution in [3.05, 3.63) is 29.1 Å². The smallest absolute Gasteiger partial charge is 0.354 e. The van der Waals surface area contributed by atoms with Crippen molar-refractivity contribution >= 4 is 17.4 Å². The number of allylic oxidation sites excluding steroid dienone is 1. The molecule has 0 aliphatic carbocycles. The highest BCUT2D eigenvalue weighted by molar-refractivity contribution is 6.01. The van der Waals surface area contributed by atoms with Gasteiger partial charge < -0.3 is 15.0 Å². The minimum atomic E-state index is -0.420. The van der Waals surface area contributed by atoms with E-state index < -0.39 is 5.97 Å². The van der Waals surface area contributed by atoms with Gasteiger partial charge in [-0.1, -0.05) is 13.8 Å². The maximum absolute atomic E-state index is 11.8. The molecule has 0 aliphatic heterocycles. The topological polar surface area (TPSA) is 74.3 Å². The van der Waals surface area contributed by atoms with Crippen LogP contribution in [0.15, 0.2) is 17.8 Å². The molecule has 0 amide bonds. The Kier molecular flexibility index (Phi) is 5.35. The molecule has 21 heavy (non-hydrogen) atoms. The fraction of sp³-hybridized carbons (Fsp3) is 0.500. The fourth-order valence-electron chi connectivity index (χ4n) is 2.38. The Morgan fingerprint density at radius 3 is 2.19 bits per heavy atom. The van der Waals surface area contributed by atoms with E-state index in [1.807, 2.05) is 27.7 Å². The molecule has 5 heteroatoms. The summed E-state index contributed by atoms with van der Waals surface area (Å²) in [5.41, 5.74) is 8.25. The van der Waals surface area contributed by atoms with Crippen LogP contribution in [0.4, 0.5) is 0 Å². The van der Waals surface area contributed by atoms with Gasteiger partial charge >= 0.3 is 5.97 Å². The quantitative estimate of drug-likeness (QED) is 0.669. The molecule has 0 atom stereocenters. The molecule has 1 heterocycles. The number of esters is 1. The van der Waals surface area contributed by atoms with Gasteiger partial charge in [-0.15, -0.1) is 0 Å². The van der Waals surface area contributed by atoms with Crippen LogP contribution in [0.25, 0.3) is 5.70 Å². The second-order valence-electron chi connectivity index (χ2n) is 5.64. The second-order valence-corrected chi connectivity index (χ2v) is 5.64. The molecule has 0 saturated heterocycles. The van der Waals surface area contributed by atoms with Gasteiger partial charge in [-0.2, -0.15) is 0 Å². The van der Waals surface area contributed by atoms with Gasteiger partial charge in [0.25, 0.3) is 0 Å². The van der Waals surface area contributed by atoms with Crippen molar-refractivity contribution in [2.45, 2.75) is 40.7 Å². The summed E-state index contributed by atoms with van der Waals surface area (Å²) in [6.45, 7) is 9.27. The lowest BCUT2D eigenvalue weighted by molar-refractivity contribution is -0.114.